The molecule has 6 heteroatoms. The molecule has 98 valence electrons. The Bertz CT molecular complexity index is 447. The van der Waals surface area contributed by atoms with Crippen LogP contribution in [-0.4, -0.2) is 30.1 Å². The monoisotopic (exact) mass is 423 g/mol. The summed E-state index contributed by atoms with van der Waals surface area (Å²) in [6.07, 6.45) is 1.87. The highest BCUT2D eigenvalue weighted by Crippen LogP contribution is 2.24. The number of piperidine rings is 1. The average molecular weight is 424 g/mol. The summed E-state index contributed by atoms with van der Waals surface area (Å²) in [5.41, 5.74) is 6.37. The number of halogens is 2. The number of carbonyl (C=O) groups excluding carboxylic acids is 1. The maximum absolute atomic E-state index is 11.0. The summed E-state index contributed by atoms with van der Waals surface area (Å²) in [6, 6.07) is 6.33. The molecule has 3 N–H and O–H groups in total. The first-order valence-electron chi connectivity index (χ1n) is 5.82. The van der Waals surface area contributed by atoms with Gasteiger partial charge in [0.25, 0.3) is 0 Å². The van der Waals surface area contributed by atoms with Gasteiger partial charge in [0.1, 0.15) is 0 Å². The van der Waals surface area contributed by atoms with Crippen molar-refractivity contribution < 1.29 is 4.79 Å². The van der Waals surface area contributed by atoms with E-state index < -0.39 is 0 Å². The van der Waals surface area contributed by atoms with Crippen molar-refractivity contribution in [2.24, 2.45) is 5.73 Å². The van der Waals surface area contributed by atoms with Crippen LogP contribution in [0, 0.1) is 3.57 Å². The van der Waals surface area contributed by atoms with Crippen molar-refractivity contribution in [3.05, 3.63) is 26.2 Å². The van der Waals surface area contributed by atoms with Crippen molar-refractivity contribution in [2.75, 3.05) is 18.4 Å². The SMILES string of the molecule is NC(=O)N1CCC(Nc2ccc(I)c(Br)c2)CC1. The summed E-state index contributed by atoms with van der Waals surface area (Å²) in [4.78, 5) is 12.7. The Morgan fingerprint density at radius 1 is 1.44 bits per heavy atom. The second kappa shape index (κ2) is 6.10. The molecule has 0 radical (unpaired) electrons. The van der Waals surface area contributed by atoms with Crippen molar-refractivity contribution in [3.63, 3.8) is 0 Å². The number of nitrogens with zero attached hydrogens (tertiary/aromatic N) is 1. The molecular formula is C12H15BrIN3O. The summed E-state index contributed by atoms with van der Waals surface area (Å²) in [5, 5.41) is 3.50. The fourth-order valence-electron chi connectivity index (χ4n) is 2.07. The van der Waals surface area contributed by atoms with Crippen LogP contribution >= 0.6 is 38.5 Å². The number of likely N-dealkylation sites (tertiary alicyclic amines) is 1. The number of rotatable bonds is 2. The summed E-state index contributed by atoms with van der Waals surface area (Å²) in [6.45, 7) is 1.47. The van der Waals surface area contributed by atoms with Crippen molar-refractivity contribution in [1.82, 2.24) is 4.90 Å². The molecule has 1 aliphatic rings. The number of nitrogens with one attached hydrogen (secondary N) is 1. The molecule has 1 aromatic rings. The van der Waals surface area contributed by atoms with Gasteiger partial charge < -0.3 is 16.0 Å². The minimum Gasteiger partial charge on any atom is -0.382 e. The lowest BCUT2D eigenvalue weighted by Crippen LogP contribution is -2.44. The zero-order chi connectivity index (χ0) is 13.1. The Hall–Kier alpha value is -0.500. The van der Waals surface area contributed by atoms with Crippen molar-refractivity contribution in [1.29, 1.82) is 0 Å². The number of primary amides is 1. The summed E-state index contributed by atoms with van der Waals surface area (Å²) >= 11 is 5.81. The van der Waals surface area contributed by atoms with Crippen LogP contribution in [0.15, 0.2) is 22.7 Å². The quantitative estimate of drug-likeness (QED) is 0.718. The molecule has 2 rings (SSSR count). The Morgan fingerprint density at radius 2 is 2.11 bits per heavy atom. The lowest BCUT2D eigenvalue weighted by Gasteiger charge is -2.31. The highest BCUT2D eigenvalue weighted by molar-refractivity contribution is 14.1. The molecule has 0 saturated carbocycles. The van der Waals surface area contributed by atoms with E-state index in [1.165, 1.54) is 3.57 Å². The number of benzene rings is 1. The van der Waals surface area contributed by atoms with Crippen molar-refractivity contribution in [2.45, 2.75) is 18.9 Å². The predicted molar refractivity (Wildman–Crippen MR) is 84.7 cm³/mol. The van der Waals surface area contributed by atoms with Gasteiger partial charge >= 0.3 is 6.03 Å². The van der Waals surface area contributed by atoms with Gasteiger partial charge in [-0.2, -0.15) is 0 Å². The van der Waals surface area contributed by atoms with Crippen LogP contribution in [0.25, 0.3) is 0 Å². The maximum atomic E-state index is 11.0. The molecule has 4 nitrogen and oxygen atoms in total. The molecular weight excluding hydrogens is 409 g/mol. The van der Waals surface area contributed by atoms with Crippen LogP contribution in [0.2, 0.25) is 0 Å². The van der Waals surface area contributed by atoms with Gasteiger partial charge in [-0.05, 0) is 69.6 Å². The van der Waals surface area contributed by atoms with Crippen LogP contribution in [0.5, 0.6) is 0 Å². The number of amides is 2. The van der Waals surface area contributed by atoms with E-state index in [0.29, 0.717) is 6.04 Å². The van der Waals surface area contributed by atoms with E-state index in [1.807, 2.05) is 0 Å². The number of hydrogen-bond donors (Lipinski definition) is 2. The number of carbonyl (C=O) groups is 1. The fourth-order valence-corrected chi connectivity index (χ4v) is 2.78. The van der Waals surface area contributed by atoms with E-state index in [4.69, 9.17) is 5.73 Å². The highest BCUT2D eigenvalue weighted by atomic mass is 127. The van der Waals surface area contributed by atoms with Gasteiger partial charge in [-0.15, -0.1) is 0 Å². The van der Waals surface area contributed by atoms with Crippen molar-refractivity contribution in [3.8, 4) is 0 Å². The third-order valence-corrected chi connectivity index (χ3v) is 5.44. The van der Waals surface area contributed by atoms with E-state index in [2.05, 4.69) is 62.0 Å². The molecule has 18 heavy (non-hydrogen) atoms. The summed E-state index contributed by atoms with van der Waals surface area (Å²) in [7, 11) is 0. The third-order valence-electron chi connectivity index (χ3n) is 3.10. The molecule has 1 aromatic carbocycles. The van der Waals surface area contributed by atoms with Gasteiger partial charge in [0.15, 0.2) is 0 Å². The largest absolute Gasteiger partial charge is 0.382 e. The molecule has 1 heterocycles. The van der Waals surface area contributed by atoms with Crippen LogP contribution < -0.4 is 11.1 Å². The molecule has 0 aliphatic carbocycles. The summed E-state index contributed by atoms with van der Waals surface area (Å²) in [5.74, 6) is 0. The van der Waals surface area contributed by atoms with E-state index in [1.54, 1.807) is 4.90 Å². The zero-order valence-electron chi connectivity index (χ0n) is 9.83. The second-order valence-corrected chi connectivity index (χ2v) is 6.39. The van der Waals surface area contributed by atoms with E-state index in [9.17, 15) is 4.79 Å². The lowest BCUT2D eigenvalue weighted by atomic mass is 10.1. The number of nitrogens with two attached hydrogens (primary N) is 1. The molecule has 1 fully saturated rings. The standard InChI is InChI=1S/C12H15BrIN3O/c13-10-7-9(1-2-11(10)14)16-8-3-5-17(6-4-8)12(15)18/h1-2,7-8,16H,3-6H2,(H2,15,18). The van der Waals surface area contributed by atoms with Gasteiger partial charge in [-0.3, -0.25) is 0 Å². The van der Waals surface area contributed by atoms with Gasteiger partial charge in [0.2, 0.25) is 0 Å². The molecule has 0 spiro atoms. The minimum absolute atomic E-state index is 0.314. The van der Waals surface area contributed by atoms with Gasteiger partial charge in [0, 0.05) is 32.9 Å². The van der Waals surface area contributed by atoms with Crippen molar-refractivity contribution >= 4 is 50.2 Å². The number of anilines is 1. The Kier molecular flexibility index (Phi) is 4.71. The van der Waals surface area contributed by atoms with E-state index in [-0.39, 0.29) is 6.03 Å². The molecule has 1 saturated heterocycles. The number of urea groups is 1. The van der Waals surface area contributed by atoms with Crippen LogP contribution in [0.3, 0.4) is 0 Å². The topological polar surface area (TPSA) is 58.4 Å². The summed E-state index contributed by atoms with van der Waals surface area (Å²) < 4.78 is 2.30. The average Bonchev–Trinajstić information content (AvgIpc) is 2.34. The first-order valence-corrected chi connectivity index (χ1v) is 7.69. The molecule has 0 atom stereocenters. The van der Waals surface area contributed by atoms with E-state index >= 15 is 0 Å². The van der Waals surface area contributed by atoms with Gasteiger partial charge in [0.05, 0.1) is 0 Å². The number of hydrogen-bond acceptors (Lipinski definition) is 2. The van der Waals surface area contributed by atoms with Crippen LogP contribution in [-0.2, 0) is 0 Å². The molecule has 0 aromatic heterocycles. The smallest absolute Gasteiger partial charge is 0.314 e. The highest BCUT2D eigenvalue weighted by Gasteiger charge is 2.20. The Labute approximate surface area is 129 Å². The fraction of sp³-hybridized carbons (Fsp3) is 0.417. The Morgan fingerprint density at radius 3 is 2.67 bits per heavy atom. The molecule has 0 bridgehead atoms. The predicted octanol–water partition coefficient (Wildman–Crippen LogP) is 3.01. The van der Waals surface area contributed by atoms with Gasteiger partial charge in [-0.1, -0.05) is 0 Å². The molecule has 1 aliphatic heterocycles. The van der Waals surface area contributed by atoms with Gasteiger partial charge in [-0.25, -0.2) is 4.79 Å². The second-order valence-electron chi connectivity index (χ2n) is 4.37. The molecule has 0 unspecified atom stereocenters. The molecule has 2 amide bonds. The first kappa shape index (κ1) is 13.9. The van der Waals surface area contributed by atoms with Crippen LogP contribution in [0.4, 0.5) is 10.5 Å². The van der Waals surface area contributed by atoms with E-state index in [0.717, 1.165) is 36.1 Å². The third kappa shape index (κ3) is 3.50. The zero-order valence-corrected chi connectivity index (χ0v) is 13.6. The minimum atomic E-state index is -0.314. The maximum Gasteiger partial charge on any atom is 0.314 e. The van der Waals surface area contributed by atoms with Crippen LogP contribution in [0.1, 0.15) is 12.8 Å². The lowest BCUT2D eigenvalue weighted by molar-refractivity contribution is 0.193. The Balaban J connectivity index is 1.91. The first-order chi connectivity index (χ1) is 8.56. The normalized spacial score (nSPS) is 16.7.